The Bertz CT molecular complexity index is 390. The van der Waals surface area contributed by atoms with E-state index in [0.29, 0.717) is 6.54 Å². The van der Waals surface area contributed by atoms with Crippen LogP contribution in [0.4, 0.5) is 13.2 Å². The van der Waals surface area contributed by atoms with Gasteiger partial charge in [0, 0.05) is 25.7 Å². The second-order valence-corrected chi connectivity index (χ2v) is 4.62. The zero-order valence-corrected chi connectivity index (χ0v) is 10.1. The first-order valence-corrected chi connectivity index (χ1v) is 6.12. The quantitative estimate of drug-likeness (QED) is 0.809. The predicted octanol–water partition coefficient (Wildman–Crippen LogP) is 2.24. The number of hydrogen-bond acceptors (Lipinski definition) is 2. The molecule has 2 nitrogen and oxygen atoms in total. The highest BCUT2D eigenvalue weighted by molar-refractivity contribution is 5.29. The fourth-order valence-corrected chi connectivity index (χ4v) is 2.17. The van der Waals surface area contributed by atoms with Gasteiger partial charge >= 0.3 is 6.18 Å². The van der Waals surface area contributed by atoms with Crippen LogP contribution in [0.15, 0.2) is 24.3 Å². The summed E-state index contributed by atoms with van der Waals surface area (Å²) in [5, 5.41) is 6.19. The van der Waals surface area contributed by atoms with Crippen LogP contribution in [0.25, 0.3) is 0 Å². The average molecular weight is 258 g/mol. The minimum Gasteiger partial charge on any atom is -0.315 e. The normalized spacial score (nSPS) is 19.6. The number of rotatable bonds is 4. The molecule has 0 aliphatic carbocycles. The molecular formula is C13H17F3N2. The Balaban J connectivity index is 1.73. The summed E-state index contributed by atoms with van der Waals surface area (Å²) >= 11 is 0. The van der Waals surface area contributed by atoms with Crippen molar-refractivity contribution in [3.63, 3.8) is 0 Å². The van der Waals surface area contributed by atoms with Gasteiger partial charge in [0.1, 0.15) is 0 Å². The Labute approximate surface area is 105 Å². The van der Waals surface area contributed by atoms with Gasteiger partial charge in [-0.1, -0.05) is 24.3 Å². The molecule has 1 aromatic carbocycles. The third-order valence-electron chi connectivity index (χ3n) is 3.14. The fourth-order valence-electron chi connectivity index (χ4n) is 2.17. The van der Waals surface area contributed by atoms with Crippen molar-refractivity contribution in [3.8, 4) is 0 Å². The fraction of sp³-hybridized carbons (Fsp3) is 0.538. The lowest BCUT2D eigenvalue weighted by molar-refractivity contribution is -0.133. The first kappa shape index (κ1) is 13.4. The Morgan fingerprint density at radius 3 is 2.67 bits per heavy atom. The Kier molecular flexibility index (Phi) is 4.24. The third-order valence-corrected chi connectivity index (χ3v) is 3.14. The largest absolute Gasteiger partial charge is 0.390 e. The molecular weight excluding hydrogens is 241 g/mol. The van der Waals surface area contributed by atoms with Crippen molar-refractivity contribution in [2.45, 2.75) is 31.6 Å². The zero-order valence-electron chi connectivity index (χ0n) is 10.1. The maximum atomic E-state index is 12.0. The Morgan fingerprint density at radius 2 is 1.94 bits per heavy atom. The van der Waals surface area contributed by atoms with Crippen LogP contribution in [0.3, 0.4) is 0 Å². The van der Waals surface area contributed by atoms with Crippen LogP contribution in [0, 0.1) is 0 Å². The summed E-state index contributed by atoms with van der Waals surface area (Å²) in [6.07, 6.45) is -3.97. The summed E-state index contributed by atoms with van der Waals surface area (Å²) in [7, 11) is 0. The highest BCUT2D eigenvalue weighted by Gasteiger charge is 2.26. The minimum absolute atomic E-state index is 0.0106. The second-order valence-electron chi connectivity index (χ2n) is 4.62. The van der Waals surface area contributed by atoms with E-state index in [-0.39, 0.29) is 12.6 Å². The van der Waals surface area contributed by atoms with E-state index in [1.165, 1.54) is 11.1 Å². The summed E-state index contributed by atoms with van der Waals surface area (Å²) in [6, 6.07) is 8.38. The summed E-state index contributed by atoms with van der Waals surface area (Å²) in [5.41, 5.74) is 2.57. The molecule has 100 valence electrons. The molecule has 0 saturated heterocycles. The molecule has 0 amide bonds. The zero-order chi connectivity index (χ0) is 13.0. The lowest BCUT2D eigenvalue weighted by Crippen LogP contribution is -2.43. The lowest BCUT2D eigenvalue weighted by atomic mass is 9.96. The van der Waals surface area contributed by atoms with Crippen molar-refractivity contribution in [2.24, 2.45) is 0 Å². The number of alkyl halides is 3. The van der Waals surface area contributed by atoms with Crippen LogP contribution >= 0.6 is 0 Å². The van der Waals surface area contributed by atoms with Crippen molar-refractivity contribution < 1.29 is 13.2 Å². The molecule has 0 spiro atoms. The van der Waals surface area contributed by atoms with Crippen LogP contribution in [0.1, 0.15) is 17.5 Å². The van der Waals surface area contributed by atoms with Gasteiger partial charge in [-0.15, -0.1) is 0 Å². The molecule has 1 heterocycles. The molecule has 18 heavy (non-hydrogen) atoms. The highest BCUT2D eigenvalue weighted by Crippen LogP contribution is 2.18. The van der Waals surface area contributed by atoms with Crippen molar-refractivity contribution in [1.29, 1.82) is 0 Å². The van der Waals surface area contributed by atoms with Crippen molar-refractivity contribution in [1.82, 2.24) is 10.6 Å². The maximum Gasteiger partial charge on any atom is 0.390 e. The van der Waals surface area contributed by atoms with Crippen LogP contribution < -0.4 is 10.6 Å². The average Bonchev–Trinajstić information content (AvgIpc) is 2.33. The summed E-state index contributed by atoms with van der Waals surface area (Å²) < 4.78 is 35.9. The molecule has 2 N–H and O–H groups in total. The van der Waals surface area contributed by atoms with Crippen molar-refractivity contribution in [3.05, 3.63) is 35.4 Å². The molecule has 0 radical (unpaired) electrons. The van der Waals surface area contributed by atoms with E-state index in [2.05, 4.69) is 22.8 Å². The van der Waals surface area contributed by atoms with Crippen LogP contribution in [-0.4, -0.2) is 25.3 Å². The van der Waals surface area contributed by atoms with E-state index in [1.807, 2.05) is 12.1 Å². The first-order chi connectivity index (χ1) is 8.54. The summed E-state index contributed by atoms with van der Waals surface area (Å²) in [4.78, 5) is 0. The summed E-state index contributed by atoms with van der Waals surface area (Å²) in [5.74, 6) is 0. The van der Waals surface area contributed by atoms with E-state index >= 15 is 0 Å². The number of hydrogen-bond donors (Lipinski definition) is 2. The van der Waals surface area contributed by atoms with E-state index in [1.54, 1.807) is 0 Å². The second kappa shape index (κ2) is 5.71. The first-order valence-electron chi connectivity index (χ1n) is 6.12. The summed E-state index contributed by atoms with van der Waals surface area (Å²) in [6.45, 7) is 1.36. The van der Waals surface area contributed by atoms with Crippen LogP contribution in [-0.2, 0) is 13.0 Å². The molecule has 1 aromatic rings. The SMILES string of the molecule is FC(F)(F)CCNCC1Cc2ccccc2CN1. The number of nitrogens with one attached hydrogen (secondary N) is 2. The number of halogens is 3. The topological polar surface area (TPSA) is 24.1 Å². The number of benzene rings is 1. The van der Waals surface area contributed by atoms with Gasteiger partial charge in [0.05, 0.1) is 6.42 Å². The van der Waals surface area contributed by atoms with E-state index in [0.717, 1.165) is 13.0 Å². The van der Waals surface area contributed by atoms with Gasteiger partial charge in [-0.2, -0.15) is 13.2 Å². The molecule has 0 bridgehead atoms. The van der Waals surface area contributed by atoms with Gasteiger partial charge in [0.15, 0.2) is 0 Å². The Hall–Kier alpha value is -1.07. The highest BCUT2D eigenvalue weighted by atomic mass is 19.4. The lowest BCUT2D eigenvalue weighted by Gasteiger charge is -2.26. The minimum atomic E-state index is -4.07. The molecule has 1 unspecified atom stereocenters. The molecule has 0 saturated carbocycles. The van der Waals surface area contributed by atoms with Crippen molar-refractivity contribution >= 4 is 0 Å². The molecule has 0 fully saturated rings. The van der Waals surface area contributed by atoms with Gasteiger partial charge < -0.3 is 10.6 Å². The Morgan fingerprint density at radius 1 is 1.22 bits per heavy atom. The molecule has 1 aliphatic rings. The van der Waals surface area contributed by atoms with Crippen molar-refractivity contribution in [2.75, 3.05) is 13.1 Å². The molecule has 0 aromatic heterocycles. The molecule has 1 aliphatic heterocycles. The third kappa shape index (κ3) is 3.99. The molecule has 2 rings (SSSR count). The molecule has 5 heteroatoms. The van der Waals surface area contributed by atoms with Gasteiger partial charge in [0.25, 0.3) is 0 Å². The standard InChI is InChI=1S/C13H17F3N2/c14-13(15,16)5-6-17-9-12-7-10-3-1-2-4-11(10)8-18-12/h1-4,12,17-18H,5-9H2. The van der Waals surface area contributed by atoms with Gasteiger partial charge in [-0.3, -0.25) is 0 Å². The van der Waals surface area contributed by atoms with E-state index in [9.17, 15) is 13.2 Å². The maximum absolute atomic E-state index is 12.0. The van der Waals surface area contributed by atoms with Gasteiger partial charge in [0.2, 0.25) is 0 Å². The molecule has 1 atom stereocenters. The number of fused-ring (bicyclic) bond motifs is 1. The smallest absolute Gasteiger partial charge is 0.315 e. The van der Waals surface area contributed by atoms with Crippen LogP contribution in [0.2, 0.25) is 0 Å². The van der Waals surface area contributed by atoms with Gasteiger partial charge in [-0.05, 0) is 17.5 Å². The monoisotopic (exact) mass is 258 g/mol. The van der Waals surface area contributed by atoms with E-state index in [4.69, 9.17) is 0 Å². The predicted molar refractivity (Wildman–Crippen MR) is 64.3 cm³/mol. The van der Waals surface area contributed by atoms with Crippen LogP contribution in [0.5, 0.6) is 0 Å². The van der Waals surface area contributed by atoms with E-state index < -0.39 is 12.6 Å². The van der Waals surface area contributed by atoms with Gasteiger partial charge in [-0.25, -0.2) is 0 Å².